The molecule has 2 atom stereocenters. The number of ether oxygens (including phenoxy) is 4. The summed E-state index contributed by atoms with van der Waals surface area (Å²) in [6.45, 7) is 5.68. The van der Waals surface area contributed by atoms with E-state index in [0.29, 0.717) is 43.6 Å². The Morgan fingerprint density at radius 1 is 0.909 bits per heavy atom. The molecule has 0 saturated carbocycles. The van der Waals surface area contributed by atoms with Gasteiger partial charge in [0.1, 0.15) is 5.75 Å². The van der Waals surface area contributed by atoms with Crippen LogP contribution in [0.5, 0.6) is 17.2 Å². The summed E-state index contributed by atoms with van der Waals surface area (Å²) in [6, 6.07) is 24.7. The zero-order chi connectivity index (χ0) is 31.2. The second-order valence-electron chi connectivity index (χ2n) is 10.6. The number of thioether (sulfide) groups is 1. The highest BCUT2D eigenvalue weighted by Gasteiger charge is 2.42. The fourth-order valence-electron chi connectivity index (χ4n) is 5.20. The van der Waals surface area contributed by atoms with Gasteiger partial charge in [-0.05, 0) is 80.7 Å². The van der Waals surface area contributed by atoms with E-state index in [4.69, 9.17) is 18.9 Å². The summed E-state index contributed by atoms with van der Waals surface area (Å²) in [5, 5.41) is 1.58. The highest BCUT2D eigenvalue weighted by atomic mass is 32.2. The summed E-state index contributed by atoms with van der Waals surface area (Å²) in [7, 11) is 5.55. The quantitative estimate of drug-likeness (QED) is 0.175. The minimum atomic E-state index is -1.11. The Labute approximate surface area is 262 Å². The molecule has 1 heterocycles. The summed E-state index contributed by atoms with van der Waals surface area (Å²) < 4.78 is 23.0. The molecule has 0 unspecified atom stereocenters. The predicted molar refractivity (Wildman–Crippen MR) is 174 cm³/mol. The average Bonchev–Trinajstić information content (AvgIpc) is 3.15. The van der Waals surface area contributed by atoms with Crippen LogP contribution < -0.4 is 19.1 Å². The van der Waals surface area contributed by atoms with Gasteiger partial charge in [0.25, 0.3) is 5.91 Å². The molecule has 1 amide bonds. The summed E-state index contributed by atoms with van der Waals surface area (Å²) in [4.78, 5) is 33.2. The van der Waals surface area contributed by atoms with Gasteiger partial charge in [-0.3, -0.25) is 4.79 Å². The number of carbonyl (C=O) groups excluding carboxylic acids is 2. The minimum absolute atomic E-state index is 0.273. The van der Waals surface area contributed by atoms with Gasteiger partial charge in [0.05, 0.1) is 36.8 Å². The maximum absolute atomic E-state index is 14.6. The zero-order valence-corrected chi connectivity index (χ0v) is 26.6. The Morgan fingerprint density at radius 3 is 2.34 bits per heavy atom. The number of rotatable bonds is 11. The third-order valence-corrected chi connectivity index (χ3v) is 8.85. The van der Waals surface area contributed by atoms with Crippen molar-refractivity contribution in [3.05, 3.63) is 90.0 Å². The number of esters is 1. The maximum Gasteiger partial charge on any atom is 0.339 e. The minimum Gasteiger partial charge on any atom is -0.497 e. The number of hydrogen-bond acceptors (Lipinski definition) is 8. The van der Waals surface area contributed by atoms with Crippen LogP contribution in [0.4, 0.5) is 5.69 Å². The van der Waals surface area contributed by atoms with E-state index in [0.717, 1.165) is 26.9 Å². The van der Waals surface area contributed by atoms with Crippen molar-refractivity contribution >= 4 is 40.1 Å². The number of methoxy groups -OCH3 is 1. The largest absolute Gasteiger partial charge is 0.497 e. The topological polar surface area (TPSA) is 77.5 Å². The molecule has 0 spiro atoms. The normalized spacial score (nSPS) is 16.4. The van der Waals surface area contributed by atoms with E-state index < -0.39 is 17.3 Å². The third kappa shape index (κ3) is 6.64. The highest BCUT2D eigenvalue weighted by molar-refractivity contribution is 8.00. The number of carbonyl (C=O) groups is 2. The number of fused-ring (bicyclic) bond motifs is 3. The molecule has 8 nitrogen and oxygen atoms in total. The van der Waals surface area contributed by atoms with Gasteiger partial charge in [0, 0.05) is 18.0 Å². The number of nitrogens with zero attached hydrogens (tertiary/aromatic N) is 2. The van der Waals surface area contributed by atoms with E-state index in [-0.39, 0.29) is 11.5 Å². The fourth-order valence-corrected chi connectivity index (χ4v) is 6.65. The smallest absolute Gasteiger partial charge is 0.339 e. The van der Waals surface area contributed by atoms with E-state index in [1.165, 1.54) is 0 Å². The summed E-state index contributed by atoms with van der Waals surface area (Å²) in [5.74, 6) is 0.792. The zero-order valence-electron chi connectivity index (χ0n) is 25.7. The lowest BCUT2D eigenvalue weighted by Gasteiger charge is -2.29. The van der Waals surface area contributed by atoms with Crippen LogP contribution in [0.25, 0.3) is 10.8 Å². The Bertz CT molecular complexity index is 1620. The molecule has 1 aliphatic rings. The van der Waals surface area contributed by atoms with Crippen LogP contribution in [0.1, 0.15) is 35.0 Å². The number of hydrogen-bond donors (Lipinski definition) is 0. The number of benzene rings is 4. The summed E-state index contributed by atoms with van der Waals surface area (Å²) >= 11 is 1.54. The van der Waals surface area contributed by atoms with Crippen molar-refractivity contribution in [2.24, 2.45) is 0 Å². The molecule has 9 heteroatoms. The van der Waals surface area contributed by atoms with Gasteiger partial charge in [-0.15, -0.1) is 11.8 Å². The second-order valence-corrected chi connectivity index (χ2v) is 11.7. The van der Waals surface area contributed by atoms with Crippen LogP contribution in [0.15, 0.2) is 83.8 Å². The van der Waals surface area contributed by atoms with Crippen LogP contribution in [0.3, 0.4) is 0 Å². The molecule has 0 aromatic heterocycles. The molecule has 0 bridgehead atoms. The summed E-state index contributed by atoms with van der Waals surface area (Å²) in [6.07, 6.45) is -1.11. The second kappa shape index (κ2) is 14.1. The first-order chi connectivity index (χ1) is 21.3. The first-order valence-electron chi connectivity index (χ1n) is 14.7. The van der Waals surface area contributed by atoms with Crippen LogP contribution in [0, 0.1) is 0 Å². The van der Waals surface area contributed by atoms with Crippen molar-refractivity contribution in [1.29, 1.82) is 0 Å². The average molecular weight is 615 g/mol. The molecule has 0 fully saturated rings. The molecule has 4 aromatic rings. The molecule has 0 saturated heterocycles. The van der Waals surface area contributed by atoms with Gasteiger partial charge in [-0.1, -0.05) is 42.5 Å². The number of anilines is 1. The molecule has 0 radical (unpaired) electrons. The monoisotopic (exact) mass is 614 g/mol. The first kappa shape index (κ1) is 31.2. The molecule has 0 N–H and O–H groups in total. The van der Waals surface area contributed by atoms with E-state index >= 15 is 0 Å². The maximum atomic E-state index is 14.6. The lowest BCUT2D eigenvalue weighted by molar-refractivity contribution is -0.127. The standard InChI is InChI=1S/C35H38N2O6S/c1-6-41-29-19-15-25(22-30(29)42-7-2)35(39)43-31-32(24-12-16-26(40-5)17-13-24)44-33-27-11-9-8-10-23(27)14-18-28(33)37(34(31)38)21-20-36(3)4/h8-19,22,31-32H,6-7,20-21H2,1-5H3/t31-,32+/m1/s1. The fraction of sp³-hybridized carbons (Fsp3) is 0.314. The van der Waals surface area contributed by atoms with Crippen molar-refractivity contribution in [2.75, 3.05) is 52.4 Å². The van der Waals surface area contributed by atoms with E-state index in [1.807, 2.05) is 81.4 Å². The predicted octanol–water partition coefficient (Wildman–Crippen LogP) is 6.61. The van der Waals surface area contributed by atoms with Crippen molar-refractivity contribution in [1.82, 2.24) is 4.90 Å². The van der Waals surface area contributed by atoms with E-state index in [9.17, 15) is 9.59 Å². The van der Waals surface area contributed by atoms with Crippen molar-refractivity contribution < 1.29 is 28.5 Å². The molecule has 0 aliphatic carbocycles. The third-order valence-electron chi connectivity index (χ3n) is 7.41. The van der Waals surface area contributed by atoms with Gasteiger partial charge >= 0.3 is 5.97 Å². The van der Waals surface area contributed by atoms with E-state index in [2.05, 4.69) is 12.1 Å². The van der Waals surface area contributed by atoms with Crippen molar-refractivity contribution in [3.8, 4) is 17.2 Å². The summed E-state index contributed by atoms with van der Waals surface area (Å²) in [5.41, 5.74) is 1.92. The number of likely N-dealkylation sites (N-methyl/N-ethyl adjacent to an activating group) is 1. The van der Waals surface area contributed by atoms with Crippen molar-refractivity contribution in [2.45, 2.75) is 30.1 Å². The Kier molecular flexibility index (Phi) is 9.97. The molecule has 1 aliphatic heterocycles. The molecule has 4 aromatic carbocycles. The Balaban J connectivity index is 1.61. The lowest BCUT2D eigenvalue weighted by atomic mass is 10.0. The molecule has 5 rings (SSSR count). The molecular weight excluding hydrogens is 576 g/mol. The number of amides is 1. The van der Waals surface area contributed by atoms with Gasteiger partial charge in [0.15, 0.2) is 17.6 Å². The van der Waals surface area contributed by atoms with Crippen LogP contribution in [0.2, 0.25) is 0 Å². The highest BCUT2D eigenvalue weighted by Crippen LogP contribution is 2.50. The van der Waals surface area contributed by atoms with Crippen LogP contribution >= 0.6 is 11.8 Å². The van der Waals surface area contributed by atoms with Gasteiger partial charge in [-0.25, -0.2) is 4.79 Å². The lowest BCUT2D eigenvalue weighted by Crippen LogP contribution is -2.45. The van der Waals surface area contributed by atoms with Gasteiger partial charge in [0.2, 0.25) is 0 Å². The molecule has 230 valence electrons. The van der Waals surface area contributed by atoms with Crippen molar-refractivity contribution in [3.63, 3.8) is 0 Å². The van der Waals surface area contributed by atoms with Crippen LogP contribution in [-0.2, 0) is 9.53 Å². The van der Waals surface area contributed by atoms with Crippen LogP contribution in [-0.4, -0.2) is 70.4 Å². The van der Waals surface area contributed by atoms with Gasteiger partial charge in [-0.2, -0.15) is 0 Å². The van der Waals surface area contributed by atoms with E-state index in [1.54, 1.807) is 42.0 Å². The Hall–Kier alpha value is -4.21. The molecular formula is C35H38N2O6S. The molecule has 44 heavy (non-hydrogen) atoms. The Morgan fingerprint density at radius 2 is 1.64 bits per heavy atom. The van der Waals surface area contributed by atoms with Gasteiger partial charge < -0.3 is 28.7 Å². The first-order valence-corrected chi connectivity index (χ1v) is 15.6. The SMILES string of the molecule is CCOc1ccc(C(=O)O[C@H]2C(=O)N(CCN(C)C)c3ccc4ccccc4c3S[C@H]2c2ccc(OC)cc2)cc1OCC.